The SMILES string of the molecule is NC1CS(=O)(=O)CC1Oc1cccc(O)c1. The van der Waals surface area contributed by atoms with E-state index in [1.54, 1.807) is 12.1 Å². The first-order chi connectivity index (χ1) is 7.46. The summed E-state index contributed by atoms with van der Waals surface area (Å²) in [5, 5.41) is 9.23. The van der Waals surface area contributed by atoms with Crippen LogP contribution in [0.2, 0.25) is 0 Å². The normalized spacial score (nSPS) is 27.8. The molecule has 1 fully saturated rings. The van der Waals surface area contributed by atoms with Gasteiger partial charge in [0.25, 0.3) is 0 Å². The summed E-state index contributed by atoms with van der Waals surface area (Å²) in [6.07, 6.45) is -0.535. The van der Waals surface area contributed by atoms with Crippen LogP contribution < -0.4 is 10.5 Å². The van der Waals surface area contributed by atoms with Gasteiger partial charge in [0, 0.05) is 6.07 Å². The Morgan fingerprint density at radius 2 is 2.12 bits per heavy atom. The Balaban J connectivity index is 2.11. The molecule has 0 saturated carbocycles. The van der Waals surface area contributed by atoms with Crippen molar-refractivity contribution < 1.29 is 18.3 Å². The van der Waals surface area contributed by atoms with E-state index in [1.165, 1.54) is 12.1 Å². The largest absolute Gasteiger partial charge is 0.508 e. The average molecular weight is 243 g/mol. The summed E-state index contributed by atoms with van der Waals surface area (Å²) in [5.41, 5.74) is 5.67. The molecule has 5 nitrogen and oxygen atoms in total. The lowest BCUT2D eigenvalue weighted by Gasteiger charge is -2.16. The maximum atomic E-state index is 11.3. The third kappa shape index (κ3) is 2.45. The van der Waals surface area contributed by atoms with Crippen molar-refractivity contribution >= 4 is 9.84 Å². The molecular formula is C10H13NO4S. The highest BCUT2D eigenvalue weighted by Crippen LogP contribution is 2.22. The van der Waals surface area contributed by atoms with E-state index in [0.29, 0.717) is 5.75 Å². The van der Waals surface area contributed by atoms with Crippen LogP contribution in [0.3, 0.4) is 0 Å². The third-order valence-electron chi connectivity index (χ3n) is 2.45. The van der Waals surface area contributed by atoms with E-state index in [2.05, 4.69) is 0 Å². The van der Waals surface area contributed by atoms with Crippen LogP contribution in [0, 0.1) is 0 Å². The predicted molar refractivity (Wildman–Crippen MR) is 59.2 cm³/mol. The molecule has 1 aliphatic heterocycles. The summed E-state index contributed by atoms with van der Waals surface area (Å²) in [4.78, 5) is 0. The summed E-state index contributed by atoms with van der Waals surface area (Å²) in [5.74, 6) is 0.393. The maximum absolute atomic E-state index is 11.3. The van der Waals surface area contributed by atoms with Crippen LogP contribution in [0.5, 0.6) is 11.5 Å². The highest BCUT2D eigenvalue weighted by atomic mass is 32.2. The van der Waals surface area contributed by atoms with Crippen molar-refractivity contribution in [2.45, 2.75) is 12.1 Å². The zero-order valence-corrected chi connectivity index (χ0v) is 9.35. The molecule has 1 aromatic carbocycles. The van der Waals surface area contributed by atoms with Gasteiger partial charge in [-0.2, -0.15) is 0 Å². The number of ether oxygens (including phenoxy) is 1. The lowest BCUT2D eigenvalue weighted by atomic mass is 10.2. The minimum atomic E-state index is -3.09. The Morgan fingerprint density at radius 1 is 1.38 bits per heavy atom. The minimum absolute atomic E-state index is 0.0452. The molecule has 6 heteroatoms. The molecule has 88 valence electrons. The van der Waals surface area contributed by atoms with E-state index in [0.717, 1.165) is 0 Å². The predicted octanol–water partition coefficient (Wildman–Crippen LogP) is -0.105. The van der Waals surface area contributed by atoms with Crippen LogP contribution in [-0.4, -0.2) is 37.2 Å². The van der Waals surface area contributed by atoms with E-state index in [-0.39, 0.29) is 17.3 Å². The monoisotopic (exact) mass is 243 g/mol. The fourth-order valence-electron chi connectivity index (χ4n) is 1.70. The van der Waals surface area contributed by atoms with Crippen molar-refractivity contribution in [2.24, 2.45) is 5.73 Å². The number of hydrogen-bond acceptors (Lipinski definition) is 5. The lowest BCUT2D eigenvalue weighted by Crippen LogP contribution is -2.37. The van der Waals surface area contributed by atoms with Crippen LogP contribution in [0.25, 0.3) is 0 Å². The average Bonchev–Trinajstić information content (AvgIpc) is 2.39. The van der Waals surface area contributed by atoms with Gasteiger partial charge in [-0.25, -0.2) is 8.42 Å². The van der Waals surface area contributed by atoms with Gasteiger partial charge in [-0.15, -0.1) is 0 Å². The van der Waals surface area contributed by atoms with E-state index in [4.69, 9.17) is 10.5 Å². The van der Waals surface area contributed by atoms with Crippen molar-refractivity contribution in [2.75, 3.05) is 11.5 Å². The Hall–Kier alpha value is -1.27. The Labute approximate surface area is 93.8 Å². The van der Waals surface area contributed by atoms with Crippen molar-refractivity contribution in [1.82, 2.24) is 0 Å². The zero-order chi connectivity index (χ0) is 11.8. The smallest absolute Gasteiger partial charge is 0.155 e. The summed E-state index contributed by atoms with van der Waals surface area (Å²) in [7, 11) is -3.09. The van der Waals surface area contributed by atoms with Crippen LogP contribution in [0.1, 0.15) is 0 Å². The first kappa shape index (κ1) is 11.2. The van der Waals surface area contributed by atoms with Gasteiger partial charge >= 0.3 is 0 Å². The molecule has 0 bridgehead atoms. The Kier molecular flexibility index (Phi) is 2.77. The minimum Gasteiger partial charge on any atom is -0.508 e. The standard InChI is InChI=1S/C10H13NO4S/c11-9-5-16(13,14)6-10(9)15-8-3-1-2-7(12)4-8/h1-4,9-10,12H,5-6,11H2. The van der Waals surface area contributed by atoms with Gasteiger partial charge in [0.1, 0.15) is 17.6 Å². The van der Waals surface area contributed by atoms with Crippen LogP contribution >= 0.6 is 0 Å². The number of sulfone groups is 1. The molecule has 1 saturated heterocycles. The highest BCUT2D eigenvalue weighted by molar-refractivity contribution is 7.91. The molecular weight excluding hydrogens is 230 g/mol. The van der Waals surface area contributed by atoms with Gasteiger partial charge in [-0.1, -0.05) is 6.07 Å². The van der Waals surface area contributed by atoms with Gasteiger partial charge in [0.05, 0.1) is 17.5 Å². The summed E-state index contributed by atoms with van der Waals surface area (Å²) in [6, 6.07) is 5.71. The molecule has 2 unspecified atom stereocenters. The van der Waals surface area contributed by atoms with E-state index in [9.17, 15) is 13.5 Å². The highest BCUT2D eigenvalue weighted by Gasteiger charge is 2.36. The molecule has 1 aliphatic rings. The number of phenolic OH excluding ortho intramolecular Hbond substituents is 1. The van der Waals surface area contributed by atoms with E-state index >= 15 is 0 Å². The van der Waals surface area contributed by atoms with Crippen molar-refractivity contribution in [3.63, 3.8) is 0 Å². The first-order valence-corrected chi connectivity index (χ1v) is 6.70. The molecule has 2 rings (SSSR count). The number of aromatic hydroxyl groups is 1. The summed E-state index contributed by atoms with van der Waals surface area (Å²) in [6.45, 7) is 0. The molecule has 16 heavy (non-hydrogen) atoms. The van der Waals surface area contributed by atoms with Crippen molar-refractivity contribution in [3.8, 4) is 11.5 Å². The van der Waals surface area contributed by atoms with Gasteiger partial charge in [0.2, 0.25) is 0 Å². The number of benzene rings is 1. The van der Waals surface area contributed by atoms with Gasteiger partial charge < -0.3 is 15.6 Å². The molecule has 0 aliphatic carbocycles. The van der Waals surface area contributed by atoms with Gasteiger partial charge in [-0.05, 0) is 12.1 Å². The molecule has 0 radical (unpaired) electrons. The zero-order valence-electron chi connectivity index (χ0n) is 8.54. The van der Waals surface area contributed by atoms with E-state index < -0.39 is 22.0 Å². The quantitative estimate of drug-likeness (QED) is 0.756. The lowest BCUT2D eigenvalue weighted by molar-refractivity contribution is 0.208. The Morgan fingerprint density at radius 3 is 2.69 bits per heavy atom. The second kappa shape index (κ2) is 3.95. The summed E-state index contributed by atoms with van der Waals surface area (Å²) < 4.78 is 28.0. The number of hydrogen-bond donors (Lipinski definition) is 2. The number of nitrogens with two attached hydrogens (primary N) is 1. The summed E-state index contributed by atoms with van der Waals surface area (Å²) >= 11 is 0. The molecule has 1 heterocycles. The second-order valence-corrected chi connectivity index (χ2v) is 6.05. The van der Waals surface area contributed by atoms with Crippen molar-refractivity contribution in [3.05, 3.63) is 24.3 Å². The van der Waals surface area contributed by atoms with Crippen LogP contribution in [-0.2, 0) is 9.84 Å². The molecule has 0 spiro atoms. The van der Waals surface area contributed by atoms with Crippen LogP contribution in [0.4, 0.5) is 0 Å². The van der Waals surface area contributed by atoms with Crippen molar-refractivity contribution in [1.29, 1.82) is 0 Å². The fraction of sp³-hybridized carbons (Fsp3) is 0.400. The first-order valence-electron chi connectivity index (χ1n) is 4.88. The van der Waals surface area contributed by atoms with Gasteiger partial charge in [-0.3, -0.25) is 0 Å². The number of rotatable bonds is 2. The number of phenols is 1. The topological polar surface area (TPSA) is 89.6 Å². The Bertz CT molecular complexity index is 485. The van der Waals surface area contributed by atoms with Crippen LogP contribution in [0.15, 0.2) is 24.3 Å². The molecule has 0 aromatic heterocycles. The van der Waals surface area contributed by atoms with Gasteiger partial charge in [0.15, 0.2) is 9.84 Å². The molecule has 2 atom stereocenters. The van der Waals surface area contributed by atoms with E-state index in [1.807, 2.05) is 0 Å². The maximum Gasteiger partial charge on any atom is 0.155 e. The fourth-order valence-corrected chi connectivity index (χ4v) is 3.45. The molecule has 1 aromatic rings. The second-order valence-electron chi connectivity index (χ2n) is 3.89. The molecule has 0 amide bonds. The molecule has 3 N–H and O–H groups in total. The third-order valence-corrected chi connectivity index (χ3v) is 4.18.